The normalized spacial score (nSPS) is 11.6. The van der Waals surface area contributed by atoms with E-state index in [0.717, 1.165) is 4.90 Å². The largest absolute Gasteiger partial charge is 0.467 e. The van der Waals surface area contributed by atoms with Gasteiger partial charge in [0, 0.05) is 17.1 Å². The maximum atomic E-state index is 12.9. The molecule has 1 atom stereocenters. The van der Waals surface area contributed by atoms with E-state index in [4.69, 9.17) is 0 Å². The average Bonchev–Trinajstić information content (AvgIpc) is 2.39. The molecule has 0 aliphatic rings. The Kier molecular flexibility index (Phi) is 5.23. The number of carbonyl (C=O) groups excluding carboxylic acids is 2. The molecule has 0 saturated carbocycles. The lowest BCUT2D eigenvalue weighted by molar-refractivity contribution is -0.151. The first kappa shape index (κ1) is 15.4. The molecule has 0 aromatic heterocycles. The minimum atomic E-state index is -1.14. The van der Waals surface area contributed by atoms with E-state index in [1.54, 1.807) is 24.3 Å². The van der Waals surface area contributed by atoms with Crippen molar-refractivity contribution in [2.45, 2.75) is 6.04 Å². The Balaban J connectivity index is 3.24. The van der Waals surface area contributed by atoms with Crippen LogP contribution in [0.2, 0.25) is 0 Å². The predicted octanol–water partition coefficient (Wildman–Crippen LogP) is 2.60. The number of amides is 1. The van der Waals surface area contributed by atoms with Crippen LogP contribution in [0.15, 0.2) is 41.1 Å². The van der Waals surface area contributed by atoms with E-state index in [1.807, 2.05) is 0 Å². The van der Waals surface area contributed by atoms with Gasteiger partial charge in [-0.2, -0.15) is 0 Å². The van der Waals surface area contributed by atoms with E-state index >= 15 is 0 Å². The third kappa shape index (κ3) is 3.41. The number of ether oxygens (including phenoxy) is 1. The summed E-state index contributed by atoms with van der Waals surface area (Å²) in [5, 5.41) is 0. The van der Waals surface area contributed by atoms with Crippen molar-refractivity contribution in [3.05, 3.63) is 46.7 Å². The summed E-state index contributed by atoms with van der Waals surface area (Å²) < 4.78 is 18.2. The van der Waals surface area contributed by atoms with E-state index in [9.17, 15) is 14.0 Å². The van der Waals surface area contributed by atoms with Gasteiger partial charge in [0.25, 0.3) is 5.91 Å². The number of nitrogens with zero attached hydrogens (tertiary/aromatic N) is 1. The third-order valence-corrected chi connectivity index (χ3v) is 3.29. The summed E-state index contributed by atoms with van der Waals surface area (Å²) in [6, 6.07) is 5.79. The first-order valence-electron chi connectivity index (χ1n) is 5.34. The number of esters is 1. The molecule has 6 heteroatoms. The minimum absolute atomic E-state index is 0.506. The van der Waals surface area contributed by atoms with Crippen molar-refractivity contribution in [1.29, 1.82) is 0 Å². The van der Waals surface area contributed by atoms with Gasteiger partial charge in [-0.1, -0.05) is 40.7 Å². The molecule has 19 heavy (non-hydrogen) atoms. The van der Waals surface area contributed by atoms with E-state index in [-0.39, 0.29) is 0 Å². The molecule has 1 rings (SSSR count). The smallest absolute Gasteiger partial charge is 0.333 e. The summed E-state index contributed by atoms with van der Waals surface area (Å²) in [6.07, 6.45) is 0. The van der Waals surface area contributed by atoms with Gasteiger partial charge in [0.2, 0.25) is 0 Å². The molecule has 0 aliphatic heterocycles. The Bertz CT molecular complexity index is 518. The van der Waals surface area contributed by atoms with Gasteiger partial charge in [-0.05, 0) is 6.07 Å². The van der Waals surface area contributed by atoms with Crippen LogP contribution in [0.1, 0.15) is 11.6 Å². The Morgan fingerprint density at radius 2 is 2.00 bits per heavy atom. The molecule has 102 valence electrons. The zero-order valence-corrected chi connectivity index (χ0v) is 12.1. The zero-order chi connectivity index (χ0) is 14.6. The lowest BCUT2D eigenvalue weighted by Gasteiger charge is -2.26. The monoisotopic (exact) mass is 329 g/mol. The molecule has 1 amide bonds. The van der Waals surface area contributed by atoms with Gasteiger partial charge in [-0.25, -0.2) is 9.18 Å². The Hall–Kier alpha value is -1.69. The maximum absolute atomic E-state index is 12.9. The van der Waals surface area contributed by atoms with Crippen molar-refractivity contribution >= 4 is 27.8 Å². The molecular weight excluding hydrogens is 317 g/mol. The molecule has 0 bridgehead atoms. The van der Waals surface area contributed by atoms with Gasteiger partial charge in [0.1, 0.15) is 0 Å². The molecule has 1 aromatic rings. The highest BCUT2D eigenvalue weighted by atomic mass is 79.9. The fraction of sp³-hybridized carbons (Fsp3) is 0.231. The van der Waals surface area contributed by atoms with E-state index in [1.165, 1.54) is 14.2 Å². The molecule has 1 aromatic carbocycles. The Morgan fingerprint density at radius 1 is 1.42 bits per heavy atom. The van der Waals surface area contributed by atoms with Crippen LogP contribution >= 0.6 is 15.9 Å². The summed E-state index contributed by atoms with van der Waals surface area (Å²) in [4.78, 5) is 24.4. The van der Waals surface area contributed by atoms with Crippen LogP contribution < -0.4 is 0 Å². The zero-order valence-electron chi connectivity index (χ0n) is 10.5. The van der Waals surface area contributed by atoms with Crippen LogP contribution in [0, 0.1) is 0 Å². The average molecular weight is 330 g/mol. The van der Waals surface area contributed by atoms with Crippen LogP contribution in [0.5, 0.6) is 0 Å². The van der Waals surface area contributed by atoms with Crippen molar-refractivity contribution in [1.82, 2.24) is 4.90 Å². The summed E-state index contributed by atoms with van der Waals surface area (Å²) >= 11 is 3.29. The van der Waals surface area contributed by atoms with E-state index < -0.39 is 23.7 Å². The summed E-state index contributed by atoms with van der Waals surface area (Å²) in [7, 11) is 2.52. The van der Waals surface area contributed by atoms with Gasteiger partial charge >= 0.3 is 5.97 Å². The van der Waals surface area contributed by atoms with Gasteiger partial charge in [-0.3, -0.25) is 4.79 Å². The van der Waals surface area contributed by atoms with Gasteiger partial charge in [0.15, 0.2) is 11.9 Å². The van der Waals surface area contributed by atoms with Gasteiger partial charge in [-0.15, -0.1) is 0 Å². The second kappa shape index (κ2) is 6.47. The van der Waals surface area contributed by atoms with Crippen molar-refractivity contribution in [2.24, 2.45) is 0 Å². The Labute approximate surface area is 119 Å². The second-order valence-corrected chi connectivity index (χ2v) is 4.62. The molecule has 4 nitrogen and oxygen atoms in total. The molecule has 0 fully saturated rings. The number of rotatable bonds is 4. The number of likely N-dealkylation sites (N-methyl/N-ethyl adjacent to an activating group) is 1. The van der Waals surface area contributed by atoms with Crippen molar-refractivity contribution in [3.8, 4) is 0 Å². The highest BCUT2D eigenvalue weighted by molar-refractivity contribution is 9.10. The SMILES string of the molecule is C=C(F)C(=O)N(C)C(C(=O)OC)c1ccccc1Br. The van der Waals surface area contributed by atoms with Crippen LogP contribution in [0.3, 0.4) is 0 Å². The molecule has 0 radical (unpaired) electrons. The van der Waals surface area contributed by atoms with Crippen LogP contribution in [0.4, 0.5) is 4.39 Å². The predicted molar refractivity (Wildman–Crippen MR) is 71.9 cm³/mol. The summed E-state index contributed by atoms with van der Waals surface area (Å²) in [5.41, 5.74) is 0.506. The van der Waals surface area contributed by atoms with Crippen LogP contribution in [-0.4, -0.2) is 30.9 Å². The Morgan fingerprint density at radius 3 is 2.47 bits per heavy atom. The number of hydrogen-bond acceptors (Lipinski definition) is 3. The third-order valence-electron chi connectivity index (χ3n) is 2.56. The van der Waals surface area contributed by atoms with Crippen molar-refractivity contribution in [2.75, 3.05) is 14.2 Å². The first-order chi connectivity index (χ1) is 8.90. The van der Waals surface area contributed by atoms with E-state index in [2.05, 4.69) is 27.2 Å². The molecule has 0 heterocycles. The molecule has 1 unspecified atom stereocenters. The van der Waals surface area contributed by atoms with Crippen molar-refractivity contribution < 1.29 is 18.7 Å². The number of carbonyl (C=O) groups is 2. The molecule has 0 aliphatic carbocycles. The van der Waals surface area contributed by atoms with E-state index in [0.29, 0.717) is 10.0 Å². The van der Waals surface area contributed by atoms with Crippen molar-refractivity contribution in [3.63, 3.8) is 0 Å². The molecule has 0 saturated heterocycles. The summed E-state index contributed by atoms with van der Waals surface area (Å²) in [5.74, 6) is -2.77. The number of methoxy groups -OCH3 is 1. The van der Waals surface area contributed by atoms with Gasteiger partial charge in [0.05, 0.1) is 7.11 Å². The molecule has 0 N–H and O–H groups in total. The number of halogens is 2. The second-order valence-electron chi connectivity index (χ2n) is 3.77. The van der Waals surface area contributed by atoms with Gasteiger partial charge < -0.3 is 9.64 Å². The fourth-order valence-corrected chi connectivity index (χ4v) is 2.11. The lowest BCUT2D eigenvalue weighted by atomic mass is 10.1. The first-order valence-corrected chi connectivity index (χ1v) is 6.13. The summed E-state index contributed by atoms with van der Waals surface area (Å²) in [6.45, 7) is 2.94. The van der Waals surface area contributed by atoms with Crippen LogP contribution in [0.25, 0.3) is 0 Å². The van der Waals surface area contributed by atoms with Crippen LogP contribution in [-0.2, 0) is 14.3 Å². The number of hydrogen-bond donors (Lipinski definition) is 0. The maximum Gasteiger partial charge on any atom is 0.333 e. The topological polar surface area (TPSA) is 46.6 Å². The molecular formula is C13H13BrFNO3. The highest BCUT2D eigenvalue weighted by Crippen LogP contribution is 2.28. The number of benzene rings is 1. The minimum Gasteiger partial charge on any atom is -0.467 e. The lowest BCUT2D eigenvalue weighted by Crippen LogP contribution is -2.36. The fourth-order valence-electron chi connectivity index (χ4n) is 1.61. The quantitative estimate of drug-likeness (QED) is 0.630. The highest BCUT2D eigenvalue weighted by Gasteiger charge is 2.31. The molecule has 0 spiro atoms. The standard InChI is InChI=1S/C13H13BrFNO3/c1-8(15)12(17)16(2)11(13(18)19-3)9-6-4-5-7-10(9)14/h4-7,11H,1H2,2-3H3.